The SMILES string of the molecule is C=C/C=C(\C(F)=C/N)c1ncc(N)nc1-c1cccnc1. The van der Waals surface area contributed by atoms with Gasteiger partial charge in [0.1, 0.15) is 17.3 Å². The Balaban J connectivity index is 2.69. The Morgan fingerprint density at radius 1 is 1.33 bits per heavy atom. The molecule has 0 amide bonds. The molecule has 0 spiro atoms. The number of nitrogens with zero attached hydrogens (tertiary/aromatic N) is 3. The van der Waals surface area contributed by atoms with Crippen molar-refractivity contribution in [3.8, 4) is 11.3 Å². The van der Waals surface area contributed by atoms with Crippen LogP contribution in [0.25, 0.3) is 16.8 Å². The third kappa shape index (κ3) is 3.11. The van der Waals surface area contributed by atoms with Gasteiger partial charge in [-0.15, -0.1) is 0 Å². The molecule has 0 aliphatic heterocycles. The van der Waals surface area contributed by atoms with Gasteiger partial charge in [0.05, 0.1) is 11.9 Å². The lowest BCUT2D eigenvalue weighted by molar-refractivity contribution is 0.669. The van der Waals surface area contributed by atoms with E-state index in [1.165, 1.54) is 18.3 Å². The molecule has 0 atom stereocenters. The van der Waals surface area contributed by atoms with Crippen LogP contribution in [0.4, 0.5) is 10.2 Å². The number of allylic oxidation sites excluding steroid dienone is 4. The Hall–Kier alpha value is -3.02. The molecule has 6 heteroatoms. The van der Waals surface area contributed by atoms with Gasteiger partial charge in [-0.25, -0.2) is 14.4 Å². The van der Waals surface area contributed by atoms with Crippen molar-refractivity contribution in [2.24, 2.45) is 5.73 Å². The third-order valence-corrected chi connectivity index (χ3v) is 2.67. The highest BCUT2D eigenvalue weighted by molar-refractivity contribution is 5.84. The van der Waals surface area contributed by atoms with Crippen molar-refractivity contribution < 1.29 is 4.39 Å². The van der Waals surface area contributed by atoms with Gasteiger partial charge in [0.25, 0.3) is 0 Å². The van der Waals surface area contributed by atoms with Crippen molar-refractivity contribution in [1.29, 1.82) is 0 Å². The summed E-state index contributed by atoms with van der Waals surface area (Å²) in [4.78, 5) is 12.4. The first-order valence-electron chi connectivity index (χ1n) is 6.11. The molecule has 0 bridgehead atoms. The van der Waals surface area contributed by atoms with E-state index >= 15 is 0 Å². The summed E-state index contributed by atoms with van der Waals surface area (Å²) >= 11 is 0. The standard InChI is InChI=1S/C15H14FN5/c1-2-4-11(12(16)7-17)15-14(21-13(18)9-20-15)10-5-3-6-19-8-10/h2-9H,1,17H2,(H2,18,21)/b11-4+,12-7+. The van der Waals surface area contributed by atoms with Gasteiger partial charge in [-0.2, -0.15) is 0 Å². The highest BCUT2D eigenvalue weighted by Gasteiger charge is 2.16. The highest BCUT2D eigenvalue weighted by Crippen LogP contribution is 2.30. The predicted molar refractivity (Wildman–Crippen MR) is 81.2 cm³/mol. The molecule has 5 nitrogen and oxygen atoms in total. The zero-order valence-corrected chi connectivity index (χ0v) is 11.2. The number of hydrogen-bond donors (Lipinski definition) is 2. The second-order valence-corrected chi connectivity index (χ2v) is 4.06. The Kier molecular flexibility index (Phi) is 4.40. The third-order valence-electron chi connectivity index (χ3n) is 2.67. The maximum absolute atomic E-state index is 14.0. The van der Waals surface area contributed by atoms with Crippen LogP contribution in [-0.2, 0) is 0 Å². The smallest absolute Gasteiger partial charge is 0.148 e. The van der Waals surface area contributed by atoms with Crippen LogP contribution in [0.15, 0.2) is 61.5 Å². The Bertz CT molecular complexity index is 707. The lowest BCUT2D eigenvalue weighted by atomic mass is 10.0. The monoisotopic (exact) mass is 283 g/mol. The van der Waals surface area contributed by atoms with Crippen molar-refractivity contribution >= 4 is 11.4 Å². The lowest BCUT2D eigenvalue weighted by Gasteiger charge is -2.10. The largest absolute Gasteiger partial charge is 0.402 e. The number of pyridine rings is 1. The Morgan fingerprint density at radius 2 is 2.14 bits per heavy atom. The lowest BCUT2D eigenvalue weighted by Crippen LogP contribution is -2.02. The molecule has 0 aliphatic carbocycles. The summed E-state index contributed by atoms with van der Waals surface area (Å²) in [6, 6.07) is 3.53. The second-order valence-electron chi connectivity index (χ2n) is 4.06. The first-order valence-corrected chi connectivity index (χ1v) is 6.11. The predicted octanol–water partition coefficient (Wildman–Crippen LogP) is 2.46. The molecule has 2 aromatic rings. The van der Waals surface area contributed by atoms with Gasteiger partial charge < -0.3 is 11.5 Å². The first kappa shape index (κ1) is 14.4. The van der Waals surface area contributed by atoms with E-state index in [4.69, 9.17) is 11.5 Å². The van der Waals surface area contributed by atoms with Crippen molar-refractivity contribution in [2.45, 2.75) is 0 Å². The fourth-order valence-electron chi connectivity index (χ4n) is 1.78. The molecular weight excluding hydrogens is 269 g/mol. The molecule has 0 saturated heterocycles. The van der Waals surface area contributed by atoms with Crippen LogP contribution in [-0.4, -0.2) is 15.0 Å². The van der Waals surface area contributed by atoms with Gasteiger partial charge in [0.15, 0.2) is 0 Å². The van der Waals surface area contributed by atoms with Gasteiger partial charge in [0.2, 0.25) is 0 Å². The molecule has 2 aromatic heterocycles. The molecule has 2 rings (SSSR count). The molecule has 106 valence electrons. The van der Waals surface area contributed by atoms with Crippen LogP contribution in [0.5, 0.6) is 0 Å². The van der Waals surface area contributed by atoms with Gasteiger partial charge in [-0.3, -0.25) is 4.98 Å². The minimum atomic E-state index is -0.626. The summed E-state index contributed by atoms with van der Waals surface area (Å²) in [7, 11) is 0. The van der Waals surface area contributed by atoms with Crippen molar-refractivity contribution in [3.05, 3.63) is 67.2 Å². The first-order chi connectivity index (χ1) is 10.2. The summed E-state index contributed by atoms with van der Waals surface area (Å²) in [6.45, 7) is 3.57. The summed E-state index contributed by atoms with van der Waals surface area (Å²) in [5.41, 5.74) is 12.5. The van der Waals surface area contributed by atoms with E-state index in [1.54, 1.807) is 24.5 Å². The van der Waals surface area contributed by atoms with Crippen LogP contribution < -0.4 is 11.5 Å². The maximum Gasteiger partial charge on any atom is 0.148 e. The molecule has 4 N–H and O–H groups in total. The summed E-state index contributed by atoms with van der Waals surface area (Å²) in [5.74, 6) is -0.396. The number of halogens is 1. The molecule has 0 radical (unpaired) electrons. The molecule has 0 fully saturated rings. The van der Waals surface area contributed by atoms with Crippen molar-refractivity contribution in [1.82, 2.24) is 15.0 Å². The summed E-state index contributed by atoms with van der Waals surface area (Å²) in [6.07, 6.45) is 8.37. The number of nitrogens with two attached hydrogens (primary N) is 2. The average molecular weight is 283 g/mol. The molecule has 0 saturated carbocycles. The van der Waals surface area contributed by atoms with E-state index in [0.717, 1.165) is 6.20 Å². The van der Waals surface area contributed by atoms with E-state index in [-0.39, 0.29) is 11.4 Å². The minimum absolute atomic E-state index is 0.179. The van der Waals surface area contributed by atoms with E-state index in [0.29, 0.717) is 17.0 Å². The summed E-state index contributed by atoms with van der Waals surface area (Å²) < 4.78 is 14.0. The zero-order chi connectivity index (χ0) is 15.2. The molecule has 0 aliphatic rings. The van der Waals surface area contributed by atoms with Gasteiger partial charge in [-0.05, 0) is 12.1 Å². The van der Waals surface area contributed by atoms with Crippen molar-refractivity contribution in [2.75, 3.05) is 5.73 Å². The molecule has 0 unspecified atom stereocenters. The maximum atomic E-state index is 14.0. The minimum Gasteiger partial charge on any atom is -0.402 e. The molecular formula is C15H14FN5. The van der Waals surface area contributed by atoms with Crippen LogP contribution in [0.3, 0.4) is 0 Å². The van der Waals surface area contributed by atoms with E-state index in [2.05, 4.69) is 21.5 Å². The fourth-order valence-corrected chi connectivity index (χ4v) is 1.78. The van der Waals surface area contributed by atoms with Gasteiger partial charge in [-0.1, -0.05) is 18.7 Å². The van der Waals surface area contributed by atoms with Gasteiger partial charge >= 0.3 is 0 Å². The van der Waals surface area contributed by atoms with Crippen LogP contribution in [0.1, 0.15) is 5.69 Å². The van der Waals surface area contributed by atoms with E-state index in [9.17, 15) is 4.39 Å². The Morgan fingerprint density at radius 3 is 2.76 bits per heavy atom. The highest BCUT2D eigenvalue weighted by atomic mass is 19.1. The number of aromatic nitrogens is 3. The zero-order valence-electron chi connectivity index (χ0n) is 11.2. The molecule has 2 heterocycles. The van der Waals surface area contributed by atoms with Crippen LogP contribution in [0.2, 0.25) is 0 Å². The average Bonchev–Trinajstić information content (AvgIpc) is 2.53. The molecule has 21 heavy (non-hydrogen) atoms. The summed E-state index contributed by atoms with van der Waals surface area (Å²) in [5, 5.41) is 0. The normalized spacial score (nSPS) is 12.2. The Labute approximate surface area is 121 Å². The number of rotatable bonds is 4. The van der Waals surface area contributed by atoms with Crippen molar-refractivity contribution in [3.63, 3.8) is 0 Å². The van der Waals surface area contributed by atoms with Gasteiger partial charge in [0, 0.05) is 29.7 Å². The topological polar surface area (TPSA) is 90.7 Å². The second kappa shape index (κ2) is 6.42. The van der Waals surface area contributed by atoms with Crippen LogP contribution in [0, 0.1) is 0 Å². The number of nitrogen functional groups attached to an aromatic ring is 1. The quantitative estimate of drug-likeness (QED) is 0.841. The molecule has 0 aromatic carbocycles. The van der Waals surface area contributed by atoms with E-state index in [1.807, 2.05) is 0 Å². The fraction of sp³-hybridized carbons (Fsp3) is 0. The van der Waals surface area contributed by atoms with Crippen LogP contribution >= 0.6 is 0 Å². The number of hydrogen-bond acceptors (Lipinski definition) is 5. The van der Waals surface area contributed by atoms with E-state index < -0.39 is 5.83 Å². The number of anilines is 1.